The van der Waals surface area contributed by atoms with Gasteiger partial charge in [-0.2, -0.15) is 4.13 Å². The van der Waals surface area contributed by atoms with Crippen molar-refractivity contribution in [3.8, 4) is 0 Å². The van der Waals surface area contributed by atoms with Gasteiger partial charge in [0.1, 0.15) is 6.61 Å². The summed E-state index contributed by atoms with van der Waals surface area (Å²) in [6.45, 7) is 0.213. The molecule has 0 fully saturated rings. The van der Waals surface area contributed by atoms with Crippen molar-refractivity contribution in [1.29, 1.82) is 0 Å². The lowest BCUT2D eigenvalue weighted by Gasteiger charge is -2.06. The van der Waals surface area contributed by atoms with Gasteiger partial charge in [0.15, 0.2) is 0 Å². The molecule has 0 unspecified atom stereocenters. The van der Waals surface area contributed by atoms with Gasteiger partial charge < -0.3 is 0 Å². The first-order valence-electron chi connectivity index (χ1n) is 6.12. The van der Waals surface area contributed by atoms with Gasteiger partial charge in [-0.05, 0) is 40.6 Å². The third-order valence-corrected chi connectivity index (χ3v) is 5.06. The maximum Gasteiger partial charge on any atom is 0.107 e. The summed E-state index contributed by atoms with van der Waals surface area (Å²) >= 11 is 3.27. The highest BCUT2D eigenvalue weighted by atomic mass is 32.2. The molecule has 1 aliphatic rings. The third-order valence-electron chi connectivity index (χ3n) is 2.98. The lowest BCUT2D eigenvalue weighted by atomic mass is 10.1. The number of hydrogen-bond donors (Lipinski definition) is 2. The van der Waals surface area contributed by atoms with Gasteiger partial charge >= 0.3 is 0 Å². The molecular weight excluding hydrogens is 290 g/mol. The van der Waals surface area contributed by atoms with Gasteiger partial charge in [-0.1, -0.05) is 54.6 Å². The molecule has 1 aliphatic heterocycles. The monoisotopic (exact) mass is 303 g/mol. The third kappa shape index (κ3) is 2.92. The van der Waals surface area contributed by atoms with E-state index in [0.29, 0.717) is 0 Å². The molecule has 0 radical (unpaired) electrons. The average Bonchev–Trinajstić information content (AvgIpc) is 2.99. The van der Waals surface area contributed by atoms with Crippen LogP contribution < -0.4 is 4.13 Å². The topological polar surface area (TPSA) is 41.5 Å². The van der Waals surface area contributed by atoms with E-state index in [4.69, 9.17) is 5.26 Å². The molecule has 0 amide bonds. The van der Waals surface area contributed by atoms with E-state index >= 15 is 0 Å². The number of hydrogen-bond acceptors (Lipinski definition) is 5. The van der Waals surface area contributed by atoms with Crippen LogP contribution >= 0.6 is 23.9 Å². The van der Waals surface area contributed by atoms with Gasteiger partial charge in [0.25, 0.3) is 0 Å². The van der Waals surface area contributed by atoms with Gasteiger partial charge in [-0.15, -0.1) is 0 Å². The maximum atomic E-state index is 8.46. The van der Waals surface area contributed by atoms with Crippen molar-refractivity contribution >= 4 is 33.7 Å². The van der Waals surface area contributed by atoms with Crippen molar-refractivity contribution in [2.75, 3.05) is 0 Å². The number of benzene rings is 2. The van der Waals surface area contributed by atoms with E-state index in [1.165, 1.54) is 15.4 Å². The predicted octanol–water partition coefficient (Wildman–Crippen LogP) is 4.40. The SMILES string of the molecule is OOCc1ccc(C2=C(c3ccccc3)SNS2)cc1. The largest absolute Gasteiger partial charge is 0.251 e. The van der Waals surface area contributed by atoms with E-state index in [9.17, 15) is 0 Å². The highest BCUT2D eigenvalue weighted by molar-refractivity contribution is 8.25. The van der Waals surface area contributed by atoms with Crippen LogP contribution in [0.4, 0.5) is 0 Å². The summed E-state index contributed by atoms with van der Waals surface area (Å²) in [5.74, 6) is 0. The normalized spacial score (nSPS) is 14.8. The fourth-order valence-corrected chi connectivity index (χ4v) is 4.01. The zero-order chi connectivity index (χ0) is 13.8. The summed E-state index contributed by atoms with van der Waals surface area (Å²) in [7, 11) is 0. The minimum atomic E-state index is 0.213. The molecule has 2 aromatic carbocycles. The van der Waals surface area contributed by atoms with E-state index in [1.54, 1.807) is 23.9 Å². The molecule has 102 valence electrons. The molecule has 2 N–H and O–H groups in total. The lowest BCUT2D eigenvalue weighted by Crippen LogP contribution is -1.89. The summed E-state index contributed by atoms with van der Waals surface area (Å²) in [5, 5.41) is 8.46. The summed E-state index contributed by atoms with van der Waals surface area (Å²) in [5.41, 5.74) is 3.32. The van der Waals surface area contributed by atoms with Gasteiger partial charge in [-0.3, -0.25) is 5.26 Å². The fourth-order valence-electron chi connectivity index (χ4n) is 1.99. The Kier molecular flexibility index (Phi) is 4.44. The number of rotatable bonds is 4. The van der Waals surface area contributed by atoms with Gasteiger partial charge in [-0.25, -0.2) is 4.89 Å². The molecule has 0 saturated carbocycles. The molecule has 0 saturated heterocycles. The van der Waals surface area contributed by atoms with Gasteiger partial charge in [0, 0.05) is 9.81 Å². The Morgan fingerprint density at radius 1 is 0.850 bits per heavy atom. The van der Waals surface area contributed by atoms with Crippen LogP contribution in [0.1, 0.15) is 16.7 Å². The molecule has 20 heavy (non-hydrogen) atoms. The van der Waals surface area contributed by atoms with Crippen LogP contribution in [0.15, 0.2) is 54.6 Å². The fraction of sp³-hybridized carbons (Fsp3) is 0.0667. The molecule has 3 rings (SSSR count). The van der Waals surface area contributed by atoms with Crippen LogP contribution in [0.3, 0.4) is 0 Å². The van der Waals surface area contributed by atoms with Crippen molar-refractivity contribution in [2.24, 2.45) is 0 Å². The Balaban J connectivity index is 1.95. The molecule has 2 aromatic rings. The maximum absolute atomic E-state index is 8.46. The Hall–Kier alpha value is -1.24. The van der Waals surface area contributed by atoms with E-state index in [0.717, 1.165) is 11.1 Å². The van der Waals surface area contributed by atoms with Crippen LogP contribution in [0.2, 0.25) is 0 Å². The quantitative estimate of drug-likeness (QED) is 0.498. The zero-order valence-corrected chi connectivity index (χ0v) is 12.2. The molecular formula is C15H13NO2S2. The van der Waals surface area contributed by atoms with Crippen LogP contribution in [0.5, 0.6) is 0 Å². The highest BCUT2D eigenvalue weighted by Crippen LogP contribution is 2.46. The van der Waals surface area contributed by atoms with Crippen molar-refractivity contribution in [1.82, 2.24) is 4.13 Å². The summed E-state index contributed by atoms with van der Waals surface area (Å²) in [6.07, 6.45) is 0. The predicted molar refractivity (Wildman–Crippen MR) is 85.4 cm³/mol. The van der Waals surface area contributed by atoms with Gasteiger partial charge in [0.05, 0.1) is 0 Å². The Morgan fingerprint density at radius 2 is 1.45 bits per heavy atom. The van der Waals surface area contributed by atoms with Crippen molar-refractivity contribution in [3.05, 3.63) is 71.3 Å². The molecule has 0 aromatic heterocycles. The Labute approximate surface area is 126 Å². The van der Waals surface area contributed by atoms with Crippen LogP contribution in [0, 0.1) is 0 Å². The van der Waals surface area contributed by atoms with Crippen molar-refractivity contribution in [3.63, 3.8) is 0 Å². The molecule has 5 heteroatoms. The zero-order valence-electron chi connectivity index (χ0n) is 10.6. The first-order chi connectivity index (χ1) is 9.88. The van der Waals surface area contributed by atoms with E-state index in [-0.39, 0.29) is 6.61 Å². The second kappa shape index (κ2) is 6.47. The molecule has 1 heterocycles. The summed E-state index contributed by atoms with van der Waals surface area (Å²) in [6, 6.07) is 18.4. The summed E-state index contributed by atoms with van der Waals surface area (Å²) < 4.78 is 3.25. The Morgan fingerprint density at radius 3 is 2.05 bits per heavy atom. The van der Waals surface area contributed by atoms with E-state index < -0.39 is 0 Å². The molecule has 0 atom stereocenters. The summed E-state index contributed by atoms with van der Waals surface area (Å²) in [4.78, 5) is 6.61. The van der Waals surface area contributed by atoms with Crippen molar-refractivity contribution < 1.29 is 10.1 Å². The molecule has 0 aliphatic carbocycles. The Bertz CT molecular complexity index is 612. The first kappa shape index (κ1) is 13.7. The minimum absolute atomic E-state index is 0.213. The standard InChI is InChI=1S/C15H13NO2S2/c17-18-10-11-6-8-13(9-7-11)15-14(19-16-20-15)12-4-2-1-3-5-12/h1-9,16-17H,10H2. The van der Waals surface area contributed by atoms with E-state index in [1.807, 2.05) is 42.5 Å². The molecule has 0 spiro atoms. The average molecular weight is 303 g/mol. The van der Waals surface area contributed by atoms with E-state index in [2.05, 4.69) is 21.1 Å². The van der Waals surface area contributed by atoms with Crippen LogP contribution in [-0.4, -0.2) is 5.26 Å². The smallest absolute Gasteiger partial charge is 0.107 e. The first-order valence-corrected chi connectivity index (χ1v) is 7.76. The number of nitrogens with one attached hydrogen (secondary N) is 1. The lowest BCUT2D eigenvalue weighted by molar-refractivity contribution is -0.253. The van der Waals surface area contributed by atoms with Crippen LogP contribution in [0.25, 0.3) is 9.81 Å². The minimum Gasteiger partial charge on any atom is -0.251 e. The van der Waals surface area contributed by atoms with Crippen molar-refractivity contribution in [2.45, 2.75) is 6.61 Å². The second-order valence-electron chi connectivity index (χ2n) is 4.28. The molecule has 0 bridgehead atoms. The van der Waals surface area contributed by atoms with Gasteiger partial charge in [0.2, 0.25) is 0 Å². The van der Waals surface area contributed by atoms with Crippen LogP contribution in [-0.2, 0) is 11.5 Å². The second-order valence-corrected chi connectivity index (χ2v) is 6.17. The molecule has 3 nitrogen and oxygen atoms in total. The highest BCUT2D eigenvalue weighted by Gasteiger charge is 2.19.